The van der Waals surface area contributed by atoms with Crippen molar-refractivity contribution in [3.63, 3.8) is 0 Å². The summed E-state index contributed by atoms with van der Waals surface area (Å²) in [5, 5.41) is 0. The standard InChI is InChI=1S/C15H23N3/c16-11-13-6-3-9-17-15(13)18-10-4-7-12-5-1-2-8-14(12)18/h3,6,9,12,14H,1-2,4-5,7-8,10-11,16H2. The summed E-state index contributed by atoms with van der Waals surface area (Å²) in [7, 11) is 0. The smallest absolute Gasteiger partial charge is 0.133 e. The maximum atomic E-state index is 5.86. The highest BCUT2D eigenvalue weighted by atomic mass is 15.2. The van der Waals surface area contributed by atoms with Crippen LogP contribution >= 0.6 is 0 Å². The van der Waals surface area contributed by atoms with E-state index in [2.05, 4.69) is 16.0 Å². The van der Waals surface area contributed by atoms with Crippen LogP contribution in [0.1, 0.15) is 44.1 Å². The number of aromatic nitrogens is 1. The Balaban J connectivity index is 1.89. The molecule has 0 spiro atoms. The fourth-order valence-electron chi connectivity index (χ4n) is 3.74. The normalized spacial score (nSPS) is 27.9. The summed E-state index contributed by atoms with van der Waals surface area (Å²) in [5.74, 6) is 2.04. The Bertz CT molecular complexity index is 402. The number of pyridine rings is 1. The lowest BCUT2D eigenvalue weighted by molar-refractivity contribution is 0.242. The van der Waals surface area contributed by atoms with E-state index in [1.165, 1.54) is 44.1 Å². The largest absolute Gasteiger partial charge is 0.353 e. The molecule has 1 aliphatic carbocycles. The molecule has 0 amide bonds. The second kappa shape index (κ2) is 5.27. The zero-order valence-electron chi connectivity index (χ0n) is 11.0. The van der Waals surface area contributed by atoms with Crippen LogP contribution in [0.5, 0.6) is 0 Å². The van der Waals surface area contributed by atoms with Gasteiger partial charge in [0.2, 0.25) is 0 Å². The van der Waals surface area contributed by atoms with Crippen molar-refractivity contribution >= 4 is 5.82 Å². The number of fused-ring (bicyclic) bond motifs is 1. The molecule has 98 valence electrons. The molecule has 2 aliphatic rings. The van der Waals surface area contributed by atoms with E-state index in [0.29, 0.717) is 12.6 Å². The Morgan fingerprint density at radius 3 is 2.94 bits per heavy atom. The molecule has 0 aromatic carbocycles. The highest BCUT2D eigenvalue weighted by Gasteiger charge is 2.34. The zero-order chi connectivity index (χ0) is 12.4. The van der Waals surface area contributed by atoms with Gasteiger partial charge >= 0.3 is 0 Å². The first kappa shape index (κ1) is 12.0. The maximum absolute atomic E-state index is 5.86. The molecule has 1 aliphatic heterocycles. The van der Waals surface area contributed by atoms with Crippen molar-refractivity contribution in [2.24, 2.45) is 11.7 Å². The molecule has 1 saturated carbocycles. The van der Waals surface area contributed by atoms with Gasteiger partial charge in [0.15, 0.2) is 0 Å². The first-order chi connectivity index (χ1) is 8.90. The summed E-state index contributed by atoms with van der Waals surface area (Å²) in [6.07, 6.45) is 10.2. The quantitative estimate of drug-likeness (QED) is 0.871. The molecule has 2 unspecified atom stereocenters. The van der Waals surface area contributed by atoms with Crippen LogP contribution in [0.2, 0.25) is 0 Å². The third-order valence-electron chi connectivity index (χ3n) is 4.60. The van der Waals surface area contributed by atoms with E-state index in [9.17, 15) is 0 Å². The molecule has 3 nitrogen and oxygen atoms in total. The average Bonchev–Trinajstić information content (AvgIpc) is 2.46. The van der Waals surface area contributed by atoms with Gasteiger partial charge in [-0.25, -0.2) is 4.98 Å². The number of rotatable bonds is 2. The molecule has 3 rings (SSSR count). The summed E-state index contributed by atoms with van der Waals surface area (Å²) in [4.78, 5) is 7.16. The molecule has 3 heteroatoms. The van der Waals surface area contributed by atoms with Crippen molar-refractivity contribution in [3.8, 4) is 0 Å². The van der Waals surface area contributed by atoms with Gasteiger partial charge in [-0.2, -0.15) is 0 Å². The van der Waals surface area contributed by atoms with Crippen LogP contribution in [-0.4, -0.2) is 17.6 Å². The first-order valence-corrected chi connectivity index (χ1v) is 7.31. The zero-order valence-corrected chi connectivity index (χ0v) is 11.0. The minimum Gasteiger partial charge on any atom is -0.353 e. The van der Waals surface area contributed by atoms with Gasteiger partial charge in [0.1, 0.15) is 5.82 Å². The summed E-state index contributed by atoms with van der Waals surface area (Å²) < 4.78 is 0. The van der Waals surface area contributed by atoms with Crippen LogP contribution in [-0.2, 0) is 6.54 Å². The predicted octanol–water partition coefficient (Wildman–Crippen LogP) is 2.70. The lowest BCUT2D eigenvalue weighted by Gasteiger charge is -2.45. The lowest BCUT2D eigenvalue weighted by Crippen LogP contribution is -2.47. The Morgan fingerprint density at radius 2 is 2.06 bits per heavy atom. The van der Waals surface area contributed by atoms with Crippen molar-refractivity contribution < 1.29 is 0 Å². The summed E-state index contributed by atoms with van der Waals surface area (Å²) in [6.45, 7) is 1.75. The predicted molar refractivity (Wildman–Crippen MR) is 74.5 cm³/mol. The summed E-state index contributed by atoms with van der Waals surface area (Å²) in [5.41, 5.74) is 7.06. The minimum atomic E-state index is 0.594. The van der Waals surface area contributed by atoms with Gasteiger partial charge in [-0.15, -0.1) is 0 Å². The second-order valence-corrected chi connectivity index (χ2v) is 5.64. The molecule has 1 saturated heterocycles. The SMILES string of the molecule is NCc1cccnc1N1CCCC2CCCCC21. The van der Waals surface area contributed by atoms with Gasteiger partial charge in [0, 0.05) is 30.9 Å². The average molecular weight is 245 g/mol. The molecule has 2 fully saturated rings. The van der Waals surface area contributed by atoms with E-state index in [-0.39, 0.29) is 0 Å². The molecular formula is C15H23N3. The molecule has 2 atom stereocenters. The highest BCUT2D eigenvalue weighted by Crippen LogP contribution is 2.37. The van der Waals surface area contributed by atoms with Gasteiger partial charge in [-0.1, -0.05) is 18.9 Å². The number of nitrogens with zero attached hydrogens (tertiary/aromatic N) is 2. The first-order valence-electron chi connectivity index (χ1n) is 7.31. The summed E-state index contributed by atoms with van der Waals surface area (Å²) >= 11 is 0. The van der Waals surface area contributed by atoms with E-state index >= 15 is 0 Å². The van der Waals surface area contributed by atoms with Crippen LogP contribution in [0.4, 0.5) is 5.82 Å². The minimum absolute atomic E-state index is 0.594. The van der Waals surface area contributed by atoms with Crippen LogP contribution in [0.25, 0.3) is 0 Å². The van der Waals surface area contributed by atoms with Gasteiger partial charge in [-0.3, -0.25) is 0 Å². The van der Waals surface area contributed by atoms with Crippen molar-refractivity contribution in [2.75, 3.05) is 11.4 Å². The second-order valence-electron chi connectivity index (χ2n) is 5.64. The van der Waals surface area contributed by atoms with E-state index in [1.54, 1.807) is 0 Å². The molecule has 2 heterocycles. The lowest BCUT2D eigenvalue weighted by atomic mass is 9.78. The topological polar surface area (TPSA) is 42.1 Å². The Hall–Kier alpha value is -1.09. The fourth-order valence-corrected chi connectivity index (χ4v) is 3.74. The van der Waals surface area contributed by atoms with Crippen molar-refractivity contribution in [1.82, 2.24) is 4.98 Å². The van der Waals surface area contributed by atoms with Crippen molar-refractivity contribution in [2.45, 2.75) is 51.1 Å². The number of anilines is 1. The van der Waals surface area contributed by atoms with Crippen LogP contribution in [0.3, 0.4) is 0 Å². The molecule has 0 radical (unpaired) electrons. The fraction of sp³-hybridized carbons (Fsp3) is 0.667. The molecule has 1 aromatic heterocycles. The number of piperidine rings is 1. The molecular weight excluding hydrogens is 222 g/mol. The third kappa shape index (κ3) is 2.12. The monoisotopic (exact) mass is 245 g/mol. The number of hydrogen-bond acceptors (Lipinski definition) is 3. The van der Waals surface area contributed by atoms with E-state index < -0.39 is 0 Å². The van der Waals surface area contributed by atoms with Gasteiger partial charge in [-0.05, 0) is 37.7 Å². The van der Waals surface area contributed by atoms with E-state index in [1.807, 2.05) is 12.3 Å². The molecule has 2 N–H and O–H groups in total. The van der Waals surface area contributed by atoms with Gasteiger partial charge < -0.3 is 10.6 Å². The van der Waals surface area contributed by atoms with Crippen LogP contribution in [0, 0.1) is 5.92 Å². The number of nitrogens with two attached hydrogens (primary N) is 1. The van der Waals surface area contributed by atoms with Crippen LogP contribution < -0.4 is 10.6 Å². The Labute approximate surface area is 109 Å². The van der Waals surface area contributed by atoms with Crippen molar-refractivity contribution in [3.05, 3.63) is 23.9 Å². The highest BCUT2D eigenvalue weighted by molar-refractivity contribution is 5.48. The van der Waals surface area contributed by atoms with Gasteiger partial charge in [0.05, 0.1) is 0 Å². The molecule has 0 bridgehead atoms. The summed E-state index contributed by atoms with van der Waals surface area (Å²) in [6, 6.07) is 4.83. The number of hydrogen-bond donors (Lipinski definition) is 1. The van der Waals surface area contributed by atoms with Crippen LogP contribution in [0.15, 0.2) is 18.3 Å². The van der Waals surface area contributed by atoms with Crippen molar-refractivity contribution in [1.29, 1.82) is 0 Å². The molecule has 1 aromatic rings. The van der Waals surface area contributed by atoms with E-state index in [4.69, 9.17) is 5.73 Å². The Kier molecular flexibility index (Phi) is 3.50. The third-order valence-corrected chi connectivity index (χ3v) is 4.60. The van der Waals surface area contributed by atoms with Gasteiger partial charge in [0.25, 0.3) is 0 Å². The molecule has 18 heavy (non-hydrogen) atoms. The van der Waals surface area contributed by atoms with E-state index in [0.717, 1.165) is 18.3 Å². The Morgan fingerprint density at radius 1 is 1.22 bits per heavy atom. The maximum Gasteiger partial charge on any atom is 0.133 e.